The largest absolute Gasteiger partial charge is 0.419 e. The van der Waals surface area contributed by atoms with Crippen LogP contribution in [0.25, 0.3) is 0 Å². The van der Waals surface area contributed by atoms with E-state index in [-0.39, 0.29) is 5.69 Å². The fourth-order valence-electron chi connectivity index (χ4n) is 1.05. The predicted molar refractivity (Wildman–Crippen MR) is 45.9 cm³/mol. The van der Waals surface area contributed by atoms with E-state index in [0.29, 0.717) is 12.1 Å². The summed E-state index contributed by atoms with van der Waals surface area (Å²) < 4.78 is 73.0. The first-order valence-electron chi connectivity index (χ1n) is 4.19. The molecule has 1 rings (SSSR count). The molecule has 0 unspecified atom stereocenters. The third kappa shape index (κ3) is 3.32. The van der Waals surface area contributed by atoms with Gasteiger partial charge in [-0.3, -0.25) is 0 Å². The summed E-state index contributed by atoms with van der Waals surface area (Å²) in [4.78, 5) is 0. The van der Waals surface area contributed by atoms with Crippen molar-refractivity contribution >= 4 is 5.69 Å². The number of nitrogens with one attached hydrogen (secondary N) is 1. The molecule has 1 aromatic rings. The van der Waals surface area contributed by atoms with Crippen LogP contribution in [0.1, 0.15) is 5.56 Å². The average molecular weight is 243 g/mol. The third-order valence-corrected chi connectivity index (χ3v) is 1.73. The highest BCUT2D eigenvalue weighted by Crippen LogP contribution is 2.32. The number of rotatable bonds is 3. The van der Waals surface area contributed by atoms with Gasteiger partial charge in [-0.25, -0.2) is 13.2 Å². The number of halogens is 6. The summed E-state index contributed by atoms with van der Waals surface area (Å²) in [7, 11) is 0. The minimum atomic E-state index is -4.84. The summed E-state index contributed by atoms with van der Waals surface area (Å²) in [6.07, 6.45) is -7.54. The zero-order valence-corrected chi connectivity index (χ0v) is 7.78. The van der Waals surface area contributed by atoms with Gasteiger partial charge in [0.05, 0.1) is 12.1 Å². The predicted octanol–water partition coefficient (Wildman–Crippen LogP) is 3.52. The van der Waals surface area contributed by atoms with Gasteiger partial charge in [-0.15, -0.1) is 0 Å². The standard InChI is InChI=1S/C9H7F6N/c10-7-2-1-5(16-4-8(11)12)3-6(7)9(13,14)15/h1-3,8,16H,4H2. The van der Waals surface area contributed by atoms with E-state index in [1.807, 2.05) is 0 Å². The molecule has 0 saturated carbocycles. The lowest BCUT2D eigenvalue weighted by Crippen LogP contribution is -2.13. The van der Waals surface area contributed by atoms with Crippen molar-refractivity contribution in [3.63, 3.8) is 0 Å². The van der Waals surface area contributed by atoms with Gasteiger partial charge in [0.25, 0.3) is 6.43 Å². The van der Waals surface area contributed by atoms with Crippen LogP contribution in [0, 0.1) is 5.82 Å². The van der Waals surface area contributed by atoms with E-state index in [9.17, 15) is 26.3 Å². The molecule has 16 heavy (non-hydrogen) atoms. The second-order valence-electron chi connectivity index (χ2n) is 2.96. The molecule has 0 aliphatic carbocycles. The fraction of sp³-hybridized carbons (Fsp3) is 0.333. The molecule has 1 N–H and O–H groups in total. The zero-order valence-electron chi connectivity index (χ0n) is 7.78. The first kappa shape index (κ1) is 12.7. The molecule has 0 spiro atoms. The number of hydrogen-bond donors (Lipinski definition) is 1. The summed E-state index contributed by atoms with van der Waals surface area (Å²) in [6.45, 7) is -0.789. The quantitative estimate of drug-likeness (QED) is 0.801. The highest BCUT2D eigenvalue weighted by atomic mass is 19.4. The molecule has 90 valence electrons. The molecule has 0 radical (unpaired) electrons. The Bertz CT molecular complexity index is 360. The Kier molecular flexibility index (Phi) is 3.66. The van der Waals surface area contributed by atoms with Crippen LogP contribution in [0.2, 0.25) is 0 Å². The Hall–Kier alpha value is -1.40. The van der Waals surface area contributed by atoms with Gasteiger partial charge in [-0.2, -0.15) is 13.2 Å². The van der Waals surface area contributed by atoms with E-state index in [4.69, 9.17) is 0 Å². The van der Waals surface area contributed by atoms with Crippen molar-refractivity contribution in [2.24, 2.45) is 0 Å². The summed E-state index contributed by atoms with van der Waals surface area (Å²) in [6, 6.07) is 2.00. The maximum atomic E-state index is 12.8. The monoisotopic (exact) mass is 243 g/mol. The fourth-order valence-corrected chi connectivity index (χ4v) is 1.05. The Morgan fingerprint density at radius 3 is 2.31 bits per heavy atom. The van der Waals surface area contributed by atoms with Crippen molar-refractivity contribution in [3.8, 4) is 0 Å². The van der Waals surface area contributed by atoms with Crippen molar-refractivity contribution < 1.29 is 26.3 Å². The normalized spacial score (nSPS) is 11.9. The molecule has 0 bridgehead atoms. The smallest absolute Gasteiger partial charge is 0.379 e. The molecule has 7 heteroatoms. The molecular weight excluding hydrogens is 236 g/mol. The lowest BCUT2D eigenvalue weighted by Gasteiger charge is -2.11. The molecule has 0 aliphatic rings. The first-order valence-corrected chi connectivity index (χ1v) is 4.19. The van der Waals surface area contributed by atoms with Crippen molar-refractivity contribution in [2.75, 3.05) is 11.9 Å². The van der Waals surface area contributed by atoms with Crippen molar-refractivity contribution in [1.82, 2.24) is 0 Å². The topological polar surface area (TPSA) is 12.0 Å². The van der Waals surface area contributed by atoms with Gasteiger partial charge in [0.1, 0.15) is 5.82 Å². The second kappa shape index (κ2) is 4.63. The average Bonchev–Trinajstić information content (AvgIpc) is 2.14. The molecule has 1 nitrogen and oxygen atoms in total. The third-order valence-electron chi connectivity index (χ3n) is 1.73. The van der Waals surface area contributed by atoms with Crippen LogP contribution < -0.4 is 5.32 Å². The SMILES string of the molecule is Fc1ccc(NCC(F)F)cc1C(F)(F)F. The maximum Gasteiger partial charge on any atom is 0.419 e. The van der Waals surface area contributed by atoms with Crippen LogP contribution in [-0.2, 0) is 6.18 Å². The first-order chi connectivity index (χ1) is 7.30. The number of anilines is 1. The van der Waals surface area contributed by atoms with Crippen LogP contribution in [0.3, 0.4) is 0 Å². The van der Waals surface area contributed by atoms with E-state index in [2.05, 4.69) is 5.32 Å². The van der Waals surface area contributed by atoms with Crippen LogP contribution in [0.5, 0.6) is 0 Å². The van der Waals surface area contributed by atoms with Gasteiger partial charge in [-0.1, -0.05) is 0 Å². The summed E-state index contributed by atoms with van der Waals surface area (Å²) in [5.74, 6) is -1.44. The zero-order chi connectivity index (χ0) is 12.3. The van der Waals surface area contributed by atoms with E-state index >= 15 is 0 Å². The minimum absolute atomic E-state index is 0.200. The van der Waals surface area contributed by atoms with E-state index in [0.717, 1.165) is 6.07 Å². The van der Waals surface area contributed by atoms with Crippen LogP contribution in [0.15, 0.2) is 18.2 Å². The molecule has 0 fully saturated rings. The van der Waals surface area contributed by atoms with Crippen molar-refractivity contribution in [2.45, 2.75) is 12.6 Å². The lowest BCUT2D eigenvalue weighted by atomic mass is 10.2. The molecular formula is C9H7F6N. The molecule has 0 saturated heterocycles. The Balaban J connectivity index is 2.90. The van der Waals surface area contributed by atoms with Gasteiger partial charge >= 0.3 is 6.18 Å². The highest BCUT2D eigenvalue weighted by Gasteiger charge is 2.34. The summed E-state index contributed by atoms with van der Waals surface area (Å²) in [5.41, 5.74) is -1.68. The summed E-state index contributed by atoms with van der Waals surface area (Å²) >= 11 is 0. The van der Waals surface area contributed by atoms with Crippen LogP contribution in [0.4, 0.5) is 32.0 Å². The van der Waals surface area contributed by atoms with E-state index in [1.165, 1.54) is 0 Å². The van der Waals surface area contributed by atoms with Crippen LogP contribution in [-0.4, -0.2) is 13.0 Å². The number of benzene rings is 1. The maximum absolute atomic E-state index is 12.8. The second-order valence-corrected chi connectivity index (χ2v) is 2.96. The van der Waals surface area contributed by atoms with Crippen molar-refractivity contribution in [3.05, 3.63) is 29.6 Å². The number of alkyl halides is 5. The van der Waals surface area contributed by atoms with Gasteiger partial charge in [0.2, 0.25) is 0 Å². The highest BCUT2D eigenvalue weighted by molar-refractivity contribution is 5.47. The Morgan fingerprint density at radius 2 is 1.81 bits per heavy atom. The molecule has 0 amide bonds. The lowest BCUT2D eigenvalue weighted by molar-refractivity contribution is -0.139. The van der Waals surface area contributed by atoms with Gasteiger partial charge < -0.3 is 5.32 Å². The molecule has 0 atom stereocenters. The van der Waals surface area contributed by atoms with E-state index in [1.54, 1.807) is 0 Å². The molecule has 0 heterocycles. The number of hydrogen-bond acceptors (Lipinski definition) is 1. The molecule has 1 aromatic carbocycles. The Morgan fingerprint density at radius 1 is 1.19 bits per heavy atom. The molecule has 0 aromatic heterocycles. The Labute approximate surface area is 87.1 Å². The minimum Gasteiger partial charge on any atom is -0.379 e. The van der Waals surface area contributed by atoms with Gasteiger partial charge in [-0.05, 0) is 18.2 Å². The molecule has 0 aliphatic heterocycles. The van der Waals surface area contributed by atoms with E-state index < -0.39 is 30.5 Å². The van der Waals surface area contributed by atoms with Gasteiger partial charge in [0, 0.05) is 5.69 Å². The van der Waals surface area contributed by atoms with Crippen molar-refractivity contribution in [1.29, 1.82) is 0 Å². The van der Waals surface area contributed by atoms with Crippen LogP contribution >= 0.6 is 0 Å². The summed E-state index contributed by atoms with van der Waals surface area (Å²) in [5, 5.41) is 2.07. The van der Waals surface area contributed by atoms with Gasteiger partial charge in [0.15, 0.2) is 0 Å².